The summed E-state index contributed by atoms with van der Waals surface area (Å²) >= 11 is 0. The van der Waals surface area contributed by atoms with Crippen LogP contribution in [0.4, 0.5) is 26.3 Å². The van der Waals surface area contributed by atoms with Crippen molar-refractivity contribution in [2.24, 2.45) is 11.7 Å². The van der Waals surface area contributed by atoms with E-state index in [2.05, 4.69) is 4.98 Å². The molecule has 2 heterocycles. The number of rotatable bonds is 6. The molecule has 0 unspecified atom stereocenters. The predicted molar refractivity (Wildman–Crippen MR) is 119 cm³/mol. The van der Waals surface area contributed by atoms with Crippen LogP contribution in [0, 0.1) is 23.4 Å². The third kappa shape index (κ3) is 5.66. The highest BCUT2D eigenvalue weighted by atomic mass is 35.5. The normalized spacial score (nSPS) is 16.8. The number of nitrogens with two attached hydrogens (primary N) is 1. The van der Waals surface area contributed by atoms with Crippen molar-refractivity contribution < 1.29 is 40.7 Å². The van der Waals surface area contributed by atoms with Crippen molar-refractivity contribution in [2.75, 3.05) is 6.54 Å². The largest absolute Gasteiger partial charge is 0.449 e. The van der Waals surface area contributed by atoms with Crippen LogP contribution in [0.25, 0.3) is 0 Å². The SMILES string of the molecule is Cl.N[C@H](CC(=O)N1CCn2c(C(F)(F)F)nc(C(=O)C3CCCC3)c2C1)C(=O)c1cc(F)c(F)cc1F. The van der Waals surface area contributed by atoms with Gasteiger partial charge >= 0.3 is 6.18 Å². The molecular formula is C23H23ClF6N4O3. The average Bonchev–Trinajstić information content (AvgIpc) is 3.48. The van der Waals surface area contributed by atoms with E-state index < -0.39 is 70.9 Å². The number of hydrogen-bond acceptors (Lipinski definition) is 5. The molecule has 1 aliphatic carbocycles. The smallest absolute Gasteiger partial charge is 0.335 e. The van der Waals surface area contributed by atoms with Gasteiger partial charge in [0.25, 0.3) is 0 Å². The van der Waals surface area contributed by atoms with Crippen molar-refractivity contribution in [2.45, 2.75) is 57.4 Å². The lowest BCUT2D eigenvalue weighted by atomic mass is 9.98. The molecule has 1 amide bonds. The van der Waals surface area contributed by atoms with E-state index in [0.717, 1.165) is 22.3 Å². The molecule has 0 spiro atoms. The van der Waals surface area contributed by atoms with Crippen LogP contribution < -0.4 is 5.73 Å². The Kier molecular flexibility index (Phi) is 8.37. The summed E-state index contributed by atoms with van der Waals surface area (Å²) in [5.41, 5.74) is 4.53. The lowest BCUT2D eigenvalue weighted by Crippen LogP contribution is -2.43. The monoisotopic (exact) mass is 552 g/mol. The lowest BCUT2D eigenvalue weighted by molar-refractivity contribution is -0.148. The molecule has 4 rings (SSSR count). The first kappa shape index (κ1) is 28.6. The quantitative estimate of drug-likeness (QED) is 0.331. The molecule has 7 nitrogen and oxygen atoms in total. The summed E-state index contributed by atoms with van der Waals surface area (Å²) in [6, 6.07) is -1.09. The standard InChI is InChI=1S/C23H22F6N4O3.ClH/c24-13-8-15(26)14(25)7-12(13)21(36)16(30)9-18(34)32-5-6-33-17(10-32)19(31-22(33)23(27,28)29)20(35)11-3-1-2-4-11;/h7-8,11,16H,1-6,9-10,30H2;1H/t16-;/m1./s1. The molecule has 2 aromatic rings. The van der Waals surface area contributed by atoms with Crippen molar-refractivity contribution >= 4 is 29.9 Å². The van der Waals surface area contributed by atoms with Gasteiger partial charge in [-0.15, -0.1) is 12.4 Å². The highest BCUT2D eigenvalue weighted by molar-refractivity contribution is 6.02. The Balaban J connectivity index is 0.00000380. The number of carbonyl (C=O) groups is 3. The Morgan fingerprint density at radius 2 is 1.65 bits per heavy atom. The number of carbonyl (C=O) groups excluding carboxylic acids is 3. The van der Waals surface area contributed by atoms with E-state index in [1.54, 1.807) is 0 Å². The fourth-order valence-corrected chi connectivity index (χ4v) is 4.70. The molecule has 0 bridgehead atoms. The summed E-state index contributed by atoms with van der Waals surface area (Å²) in [6.45, 7) is -0.833. The predicted octanol–water partition coefficient (Wildman–Crippen LogP) is 4.06. The van der Waals surface area contributed by atoms with Gasteiger partial charge in [0, 0.05) is 31.5 Å². The van der Waals surface area contributed by atoms with Crippen molar-refractivity contribution in [1.29, 1.82) is 0 Å². The van der Waals surface area contributed by atoms with Crippen LogP contribution >= 0.6 is 12.4 Å². The second kappa shape index (κ2) is 10.8. The van der Waals surface area contributed by atoms with Crippen LogP contribution in [0.15, 0.2) is 12.1 Å². The molecule has 1 saturated carbocycles. The zero-order valence-corrected chi connectivity index (χ0v) is 20.1. The Labute approximate surface area is 213 Å². The van der Waals surface area contributed by atoms with E-state index in [4.69, 9.17) is 5.73 Å². The fraction of sp³-hybridized carbons (Fsp3) is 0.478. The third-order valence-electron chi connectivity index (χ3n) is 6.58. The van der Waals surface area contributed by atoms with Gasteiger partial charge in [-0.3, -0.25) is 14.4 Å². The molecule has 2 aliphatic rings. The highest BCUT2D eigenvalue weighted by Crippen LogP contribution is 2.35. The van der Waals surface area contributed by atoms with Crippen molar-refractivity contribution in [3.8, 4) is 0 Å². The maximum absolute atomic E-state index is 13.9. The third-order valence-corrected chi connectivity index (χ3v) is 6.58. The van der Waals surface area contributed by atoms with Gasteiger partial charge in [0.15, 0.2) is 23.2 Å². The van der Waals surface area contributed by atoms with E-state index in [1.165, 1.54) is 0 Å². The lowest BCUT2D eigenvalue weighted by Gasteiger charge is -2.30. The molecule has 0 saturated heterocycles. The number of imidazole rings is 1. The number of nitrogens with zero attached hydrogens (tertiary/aromatic N) is 3. The summed E-state index contributed by atoms with van der Waals surface area (Å²) < 4.78 is 82.2. The maximum Gasteiger partial charge on any atom is 0.449 e. The second-order valence-electron chi connectivity index (χ2n) is 8.96. The minimum absolute atomic E-state index is 0. The number of fused-ring (bicyclic) bond motifs is 1. The first-order chi connectivity index (χ1) is 16.9. The van der Waals surface area contributed by atoms with Gasteiger partial charge in [0.05, 0.1) is 23.8 Å². The van der Waals surface area contributed by atoms with Crippen molar-refractivity contribution in [3.63, 3.8) is 0 Å². The molecule has 14 heteroatoms. The number of halogens is 7. The Bertz CT molecular complexity index is 1230. The summed E-state index contributed by atoms with van der Waals surface area (Å²) in [4.78, 5) is 43.0. The zero-order valence-electron chi connectivity index (χ0n) is 19.3. The van der Waals surface area contributed by atoms with Crippen molar-refractivity contribution in [3.05, 3.63) is 52.4 Å². The maximum atomic E-state index is 13.9. The molecule has 1 aliphatic heterocycles. The topological polar surface area (TPSA) is 98.3 Å². The number of amides is 1. The minimum atomic E-state index is -4.81. The molecule has 2 N–H and O–H groups in total. The van der Waals surface area contributed by atoms with E-state index in [1.807, 2.05) is 0 Å². The van der Waals surface area contributed by atoms with Crippen molar-refractivity contribution in [1.82, 2.24) is 14.5 Å². The Morgan fingerprint density at radius 3 is 2.27 bits per heavy atom. The van der Waals surface area contributed by atoms with Gasteiger partial charge in [0.1, 0.15) is 11.5 Å². The summed E-state index contributed by atoms with van der Waals surface area (Å²) in [5.74, 6) is -8.35. The van der Waals surface area contributed by atoms with Gasteiger partial charge < -0.3 is 15.2 Å². The first-order valence-corrected chi connectivity index (χ1v) is 11.3. The molecule has 37 heavy (non-hydrogen) atoms. The number of hydrogen-bond donors (Lipinski definition) is 1. The molecule has 1 aromatic carbocycles. The van der Waals surface area contributed by atoms with Crippen LogP contribution in [-0.2, 0) is 24.1 Å². The average molecular weight is 553 g/mol. The number of Topliss-reactive ketones (excluding diaryl/α,β-unsaturated/α-hetero) is 2. The molecule has 0 radical (unpaired) electrons. The van der Waals surface area contributed by atoms with Gasteiger partial charge in [-0.2, -0.15) is 13.2 Å². The van der Waals surface area contributed by atoms with Crippen LogP contribution in [0.1, 0.15) is 64.5 Å². The highest BCUT2D eigenvalue weighted by Gasteiger charge is 2.42. The fourth-order valence-electron chi connectivity index (χ4n) is 4.70. The van der Waals surface area contributed by atoms with E-state index in [-0.39, 0.29) is 49.5 Å². The van der Waals surface area contributed by atoms with Crippen LogP contribution in [-0.4, -0.2) is 44.5 Å². The van der Waals surface area contributed by atoms with Gasteiger partial charge in [-0.25, -0.2) is 18.2 Å². The molecule has 202 valence electrons. The van der Waals surface area contributed by atoms with E-state index >= 15 is 0 Å². The molecule has 1 aromatic heterocycles. The van der Waals surface area contributed by atoms with E-state index in [0.29, 0.717) is 18.9 Å². The van der Waals surface area contributed by atoms with Gasteiger partial charge in [-0.1, -0.05) is 12.8 Å². The van der Waals surface area contributed by atoms with Crippen LogP contribution in [0.5, 0.6) is 0 Å². The van der Waals surface area contributed by atoms with Gasteiger partial charge in [0.2, 0.25) is 11.7 Å². The molecule has 1 atom stereocenters. The van der Waals surface area contributed by atoms with Crippen LogP contribution in [0.3, 0.4) is 0 Å². The first-order valence-electron chi connectivity index (χ1n) is 11.3. The molecular weight excluding hydrogens is 530 g/mol. The molecule has 1 fully saturated rings. The number of ketones is 2. The minimum Gasteiger partial charge on any atom is -0.335 e. The number of alkyl halides is 3. The summed E-state index contributed by atoms with van der Waals surface area (Å²) in [6.07, 6.45) is -2.80. The van der Waals surface area contributed by atoms with E-state index in [9.17, 15) is 40.7 Å². The summed E-state index contributed by atoms with van der Waals surface area (Å²) in [7, 11) is 0. The Morgan fingerprint density at radius 1 is 1.03 bits per heavy atom. The summed E-state index contributed by atoms with van der Waals surface area (Å²) in [5, 5.41) is 0. The van der Waals surface area contributed by atoms with Crippen LogP contribution in [0.2, 0.25) is 0 Å². The van der Waals surface area contributed by atoms with Gasteiger partial charge in [-0.05, 0) is 18.9 Å². The Hall–Kier alpha value is -2.93. The zero-order chi connectivity index (χ0) is 26.4. The number of aromatic nitrogens is 2. The second-order valence-corrected chi connectivity index (χ2v) is 8.96. The number of benzene rings is 1.